The van der Waals surface area contributed by atoms with Crippen molar-refractivity contribution in [3.63, 3.8) is 0 Å². The molecule has 0 saturated carbocycles. The molecule has 1 aromatic heterocycles. The molecule has 0 aliphatic rings. The lowest BCUT2D eigenvalue weighted by molar-refractivity contribution is 0.0144. The average Bonchev–Trinajstić information content (AvgIpc) is 2.34. The van der Waals surface area contributed by atoms with E-state index >= 15 is 0 Å². The number of halogens is 2. The molecule has 0 bridgehead atoms. The maximum Gasteiger partial charge on any atom is 0.261 e. The zero-order valence-electron chi connectivity index (χ0n) is 9.90. The summed E-state index contributed by atoms with van der Waals surface area (Å²) in [5, 5.41) is 3.28. The number of hydrogen-bond acceptors (Lipinski definition) is 3. The molecule has 1 atom stereocenters. The first-order valence-corrected chi connectivity index (χ1v) is 5.73. The van der Waals surface area contributed by atoms with Crippen LogP contribution in [-0.2, 0) is 4.74 Å². The van der Waals surface area contributed by atoms with Crippen molar-refractivity contribution in [1.82, 2.24) is 10.3 Å². The molecule has 3 nitrogen and oxygen atoms in total. The third kappa shape index (κ3) is 5.70. The van der Waals surface area contributed by atoms with Crippen LogP contribution < -0.4 is 5.32 Å². The van der Waals surface area contributed by atoms with E-state index < -0.39 is 13.0 Å². The van der Waals surface area contributed by atoms with Gasteiger partial charge >= 0.3 is 0 Å². The van der Waals surface area contributed by atoms with E-state index in [0.29, 0.717) is 13.0 Å². The smallest absolute Gasteiger partial charge is 0.261 e. The average molecular weight is 244 g/mol. The van der Waals surface area contributed by atoms with Gasteiger partial charge in [-0.15, -0.1) is 0 Å². The molecule has 96 valence electrons. The number of nitrogens with zero attached hydrogens (tertiary/aromatic N) is 1. The van der Waals surface area contributed by atoms with Crippen LogP contribution in [0.2, 0.25) is 0 Å². The second-order valence-electron chi connectivity index (χ2n) is 3.65. The number of aromatic nitrogens is 1. The Hall–Kier alpha value is -1.07. The molecule has 0 aromatic carbocycles. The van der Waals surface area contributed by atoms with Gasteiger partial charge in [-0.05, 0) is 24.6 Å². The minimum Gasteiger partial charge on any atom is -0.375 e. The van der Waals surface area contributed by atoms with Crippen LogP contribution in [0.3, 0.4) is 0 Å². The van der Waals surface area contributed by atoms with Crippen molar-refractivity contribution in [2.24, 2.45) is 0 Å². The first kappa shape index (κ1) is 14.0. The summed E-state index contributed by atoms with van der Waals surface area (Å²) in [6, 6.07) is 3.93. The van der Waals surface area contributed by atoms with Gasteiger partial charge < -0.3 is 10.1 Å². The van der Waals surface area contributed by atoms with Gasteiger partial charge in [0.1, 0.15) is 6.61 Å². The molecule has 0 radical (unpaired) electrons. The molecule has 5 heteroatoms. The van der Waals surface area contributed by atoms with Crippen molar-refractivity contribution in [3.8, 4) is 0 Å². The van der Waals surface area contributed by atoms with Gasteiger partial charge in [-0.25, -0.2) is 8.78 Å². The Labute approximate surface area is 100 Å². The second kappa shape index (κ2) is 8.08. The van der Waals surface area contributed by atoms with E-state index in [4.69, 9.17) is 4.74 Å². The Morgan fingerprint density at radius 2 is 2.29 bits per heavy atom. The van der Waals surface area contributed by atoms with Crippen LogP contribution in [0.1, 0.15) is 24.9 Å². The zero-order chi connectivity index (χ0) is 12.5. The highest BCUT2D eigenvalue weighted by Gasteiger charge is 2.10. The molecule has 1 rings (SSSR count). The van der Waals surface area contributed by atoms with Crippen LogP contribution >= 0.6 is 0 Å². The van der Waals surface area contributed by atoms with Gasteiger partial charge in [0.2, 0.25) is 0 Å². The largest absolute Gasteiger partial charge is 0.375 e. The predicted octanol–water partition coefficient (Wildman–Crippen LogP) is 2.40. The summed E-state index contributed by atoms with van der Waals surface area (Å²) in [4.78, 5) is 4.04. The van der Waals surface area contributed by atoms with Crippen molar-refractivity contribution >= 4 is 0 Å². The number of ether oxygens (including phenoxy) is 1. The van der Waals surface area contributed by atoms with E-state index in [1.54, 1.807) is 12.4 Å². The fourth-order valence-electron chi connectivity index (χ4n) is 1.59. The summed E-state index contributed by atoms with van der Waals surface area (Å²) in [6.45, 7) is 2.64. The Bertz CT molecular complexity index is 296. The summed E-state index contributed by atoms with van der Waals surface area (Å²) in [7, 11) is 0. The fraction of sp³-hybridized carbons (Fsp3) is 0.583. The normalized spacial score (nSPS) is 12.9. The maximum absolute atomic E-state index is 11.9. The summed E-state index contributed by atoms with van der Waals surface area (Å²) < 4.78 is 28.6. The van der Waals surface area contributed by atoms with E-state index in [1.807, 2.05) is 19.1 Å². The number of pyridine rings is 1. The van der Waals surface area contributed by atoms with Crippen molar-refractivity contribution < 1.29 is 13.5 Å². The van der Waals surface area contributed by atoms with E-state index in [1.165, 1.54) is 0 Å². The Kier molecular flexibility index (Phi) is 6.65. The van der Waals surface area contributed by atoms with Crippen molar-refractivity contribution in [2.75, 3.05) is 19.8 Å². The highest BCUT2D eigenvalue weighted by molar-refractivity contribution is 5.13. The van der Waals surface area contributed by atoms with Crippen LogP contribution in [0, 0.1) is 0 Å². The first-order chi connectivity index (χ1) is 8.24. The molecule has 0 amide bonds. The monoisotopic (exact) mass is 244 g/mol. The molecule has 0 aliphatic heterocycles. The first-order valence-electron chi connectivity index (χ1n) is 5.73. The molecular weight excluding hydrogens is 226 g/mol. The highest BCUT2D eigenvalue weighted by atomic mass is 19.3. The number of alkyl halides is 2. The molecule has 0 aliphatic carbocycles. The van der Waals surface area contributed by atoms with Gasteiger partial charge in [0.15, 0.2) is 0 Å². The minimum absolute atomic E-state index is 0.103. The molecule has 17 heavy (non-hydrogen) atoms. The molecule has 1 heterocycles. The molecule has 1 aromatic rings. The molecule has 0 saturated heterocycles. The van der Waals surface area contributed by atoms with E-state index in [9.17, 15) is 8.78 Å². The standard InChI is InChI=1S/C12H18F2N2O/c1-2-16-11(5-7-17-9-12(13)14)10-4-3-6-15-8-10/h3-4,6,8,11-12,16H,2,5,7,9H2,1H3. The van der Waals surface area contributed by atoms with E-state index in [0.717, 1.165) is 12.1 Å². The van der Waals surface area contributed by atoms with Gasteiger partial charge in [-0.3, -0.25) is 4.98 Å². The molecule has 1 N–H and O–H groups in total. The maximum atomic E-state index is 11.9. The van der Waals surface area contributed by atoms with Crippen LogP contribution in [0.5, 0.6) is 0 Å². The summed E-state index contributed by atoms with van der Waals surface area (Å²) in [5.74, 6) is 0. The SMILES string of the molecule is CCNC(CCOCC(F)F)c1cccnc1. The van der Waals surface area contributed by atoms with Gasteiger partial charge in [0.05, 0.1) is 0 Å². The van der Waals surface area contributed by atoms with Crippen LogP contribution in [0.4, 0.5) is 8.78 Å². The summed E-state index contributed by atoms with van der Waals surface area (Å²) >= 11 is 0. The Balaban J connectivity index is 2.39. The fourth-order valence-corrected chi connectivity index (χ4v) is 1.59. The summed E-state index contributed by atoms with van der Waals surface area (Å²) in [5.41, 5.74) is 1.05. The highest BCUT2D eigenvalue weighted by Crippen LogP contribution is 2.15. The lowest BCUT2D eigenvalue weighted by Gasteiger charge is -2.17. The molecule has 0 fully saturated rings. The number of nitrogens with one attached hydrogen (secondary N) is 1. The van der Waals surface area contributed by atoms with Gasteiger partial charge in [-0.2, -0.15) is 0 Å². The predicted molar refractivity (Wildman–Crippen MR) is 62.1 cm³/mol. The van der Waals surface area contributed by atoms with Crippen LogP contribution in [0.25, 0.3) is 0 Å². The quantitative estimate of drug-likeness (QED) is 0.713. The van der Waals surface area contributed by atoms with Crippen molar-refractivity contribution in [3.05, 3.63) is 30.1 Å². The van der Waals surface area contributed by atoms with Gasteiger partial charge in [0.25, 0.3) is 6.43 Å². The number of hydrogen-bond donors (Lipinski definition) is 1. The second-order valence-corrected chi connectivity index (χ2v) is 3.65. The van der Waals surface area contributed by atoms with E-state index in [2.05, 4.69) is 10.3 Å². The van der Waals surface area contributed by atoms with Crippen LogP contribution in [0.15, 0.2) is 24.5 Å². The zero-order valence-corrected chi connectivity index (χ0v) is 9.90. The molecule has 1 unspecified atom stereocenters. The number of rotatable bonds is 8. The Morgan fingerprint density at radius 1 is 1.47 bits per heavy atom. The third-order valence-electron chi connectivity index (χ3n) is 2.33. The van der Waals surface area contributed by atoms with Gasteiger partial charge in [0, 0.05) is 25.0 Å². The van der Waals surface area contributed by atoms with Gasteiger partial charge in [-0.1, -0.05) is 13.0 Å². The molecular formula is C12H18F2N2O. The lowest BCUT2D eigenvalue weighted by Crippen LogP contribution is -2.23. The summed E-state index contributed by atoms with van der Waals surface area (Å²) in [6.07, 6.45) is 1.75. The topological polar surface area (TPSA) is 34.1 Å². The lowest BCUT2D eigenvalue weighted by atomic mass is 10.1. The third-order valence-corrected chi connectivity index (χ3v) is 2.33. The molecule has 0 spiro atoms. The van der Waals surface area contributed by atoms with Crippen molar-refractivity contribution in [1.29, 1.82) is 0 Å². The van der Waals surface area contributed by atoms with E-state index in [-0.39, 0.29) is 6.04 Å². The van der Waals surface area contributed by atoms with Crippen molar-refractivity contribution in [2.45, 2.75) is 25.8 Å². The minimum atomic E-state index is -2.40. The van der Waals surface area contributed by atoms with Crippen LogP contribution in [-0.4, -0.2) is 31.2 Å². The Morgan fingerprint density at radius 3 is 2.88 bits per heavy atom.